The van der Waals surface area contributed by atoms with Crippen LogP contribution in [0.5, 0.6) is 0 Å². The van der Waals surface area contributed by atoms with Gasteiger partial charge in [0.1, 0.15) is 6.29 Å². The third-order valence-corrected chi connectivity index (χ3v) is 4.53. The van der Waals surface area contributed by atoms with Crippen LogP contribution in [0.2, 0.25) is 0 Å². The summed E-state index contributed by atoms with van der Waals surface area (Å²) in [7, 11) is 0. The predicted molar refractivity (Wildman–Crippen MR) is 101 cm³/mol. The molecule has 0 spiro atoms. The Hall–Kier alpha value is -1.32. The molecule has 0 amide bonds. The van der Waals surface area contributed by atoms with E-state index >= 15 is 0 Å². The van der Waals surface area contributed by atoms with Gasteiger partial charge >= 0.3 is 5.97 Å². The van der Waals surface area contributed by atoms with Crippen LogP contribution in [0.15, 0.2) is 12.7 Å². The molecule has 0 aliphatic carbocycles. The van der Waals surface area contributed by atoms with Crippen LogP contribution in [-0.2, 0) is 9.59 Å². The average Bonchev–Trinajstić information content (AvgIpc) is 2.56. The molecule has 0 saturated carbocycles. The summed E-state index contributed by atoms with van der Waals surface area (Å²) in [6.07, 6.45) is 2.33. The molecule has 0 aromatic rings. The highest BCUT2D eigenvalue weighted by Gasteiger charge is 2.18. The van der Waals surface area contributed by atoms with Crippen molar-refractivity contribution in [3.8, 4) is 0 Å². The van der Waals surface area contributed by atoms with E-state index in [0.717, 1.165) is 45.6 Å². The van der Waals surface area contributed by atoms with Crippen LogP contribution in [0.25, 0.3) is 0 Å². The standard InChI is InChI=1S/C18H34N4O4/c1-3-4-19-5-6-20(13-14-23)8-9-21(15-17(2)24)11-12-22(10-7-19)16-18(25)26/h3,14,17,24H,1,4-13,15-16H2,2H3,(H,25,26). The lowest BCUT2D eigenvalue weighted by Crippen LogP contribution is -2.48. The number of carbonyl (C=O) groups is 2. The first-order valence-corrected chi connectivity index (χ1v) is 9.28. The Balaban J connectivity index is 2.81. The number of carbonyl (C=O) groups excluding carboxylic acids is 1. The monoisotopic (exact) mass is 370 g/mol. The molecular formula is C18H34N4O4. The molecule has 1 saturated heterocycles. The van der Waals surface area contributed by atoms with Gasteiger partial charge in [0.2, 0.25) is 0 Å². The van der Waals surface area contributed by atoms with Gasteiger partial charge in [-0.05, 0) is 6.92 Å². The molecule has 8 heteroatoms. The van der Waals surface area contributed by atoms with Gasteiger partial charge in [0.05, 0.1) is 19.2 Å². The Morgan fingerprint density at radius 1 is 0.962 bits per heavy atom. The molecule has 26 heavy (non-hydrogen) atoms. The number of carboxylic acids is 1. The smallest absolute Gasteiger partial charge is 0.317 e. The molecule has 2 N–H and O–H groups in total. The van der Waals surface area contributed by atoms with E-state index < -0.39 is 12.1 Å². The van der Waals surface area contributed by atoms with Gasteiger partial charge in [-0.3, -0.25) is 24.4 Å². The second-order valence-corrected chi connectivity index (χ2v) is 6.88. The van der Waals surface area contributed by atoms with Crippen LogP contribution in [-0.4, -0.2) is 127 Å². The molecule has 1 heterocycles. The lowest BCUT2D eigenvalue weighted by Gasteiger charge is -2.33. The molecule has 1 aliphatic heterocycles. The van der Waals surface area contributed by atoms with Gasteiger partial charge in [-0.25, -0.2) is 0 Å². The van der Waals surface area contributed by atoms with Gasteiger partial charge in [0, 0.05) is 65.4 Å². The van der Waals surface area contributed by atoms with Gasteiger partial charge in [0.25, 0.3) is 0 Å². The Bertz CT molecular complexity index is 433. The first-order chi connectivity index (χ1) is 12.4. The van der Waals surface area contributed by atoms with Crippen LogP contribution < -0.4 is 0 Å². The maximum absolute atomic E-state index is 11.2. The molecule has 1 rings (SSSR count). The Kier molecular flexibility index (Phi) is 11.3. The van der Waals surface area contributed by atoms with E-state index in [2.05, 4.69) is 21.3 Å². The fourth-order valence-electron chi connectivity index (χ4n) is 3.14. The number of β-amino-alcohol motifs (C(OH)–C–C–N with tert-alkyl or cyclic N) is 1. The van der Waals surface area contributed by atoms with Crippen molar-refractivity contribution in [2.24, 2.45) is 0 Å². The van der Waals surface area contributed by atoms with Gasteiger partial charge in [-0.1, -0.05) is 6.08 Å². The summed E-state index contributed by atoms with van der Waals surface area (Å²) in [5, 5.41) is 18.9. The summed E-state index contributed by atoms with van der Waals surface area (Å²) in [6, 6.07) is 0. The molecular weight excluding hydrogens is 336 g/mol. The minimum Gasteiger partial charge on any atom is -0.480 e. The zero-order valence-corrected chi connectivity index (χ0v) is 15.9. The lowest BCUT2D eigenvalue weighted by molar-refractivity contribution is -0.138. The number of aliphatic hydroxyl groups excluding tert-OH is 1. The molecule has 0 bridgehead atoms. The van der Waals surface area contributed by atoms with Crippen molar-refractivity contribution < 1.29 is 19.8 Å². The maximum atomic E-state index is 11.2. The minimum absolute atomic E-state index is 0.0156. The number of nitrogens with zero attached hydrogens (tertiary/aromatic N) is 4. The SMILES string of the molecule is C=CCN1CCN(CC=O)CCN(CC(C)O)CCN(CC(=O)O)CC1. The van der Waals surface area contributed by atoms with Gasteiger partial charge < -0.3 is 15.0 Å². The summed E-state index contributed by atoms with van der Waals surface area (Å²) < 4.78 is 0. The van der Waals surface area contributed by atoms with Crippen LogP contribution in [0.3, 0.4) is 0 Å². The molecule has 1 unspecified atom stereocenters. The Morgan fingerprint density at radius 3 is 1.85 bits per heavy atom. The van der Waals surface area contributed by atoms with E-state index in [1.807, 2.05) is 11.0 Å². The highest BCUT2D eigenvalue weighted by Crippen LogP contribution is 2.01. The third-order valence-electron chi connectivity index (χ3n) is 4.53. The zero-order valence-electron chi connectivity index (χ0n) is 15.9. The van der Waals surface area contributed by atoms with Crippen molar-refractivity contribution in [3.63, 3.8) is 0 Å². The van der Waals surface area contributed by atoms with Gasteiger partial charge in [-0.15, -0.1) is 6.58 Å². The maximum Gasteiger partial charge on any atom is 0.317 e. The summed E-state index contributed by atoms with van der Waals surface area (Å²) in [4.78, 5) is 30.6. The minimum atomic E-state index is -0.827. The summed E-state index contributed by atoms with van der Waals surface area (Å²) in [5.74, 6) is -0.827. The second-order valence-electron chi connectivity index (χ2n) is 6.88. The van der Waals surface area contributed by atoms with Crippen LogP contribution in [0, 0.1) is 0 Å². The predicted octanol–water partition coefficient (Wildman–Crippen LogP) is -0.942. The van der Waals surface area contributed by atoms with Gasteiger partial charge in [-0.2, -0.15) is 0 Å². The molecule has 0 aromatic carbocycles. The quantitative estimate of drug-likeness (QED) is 0.418. The first-order valence-electron chi connectivity index (χ1n) is 9.28. The molecule has 1 aliphatic rings. The summed E-state index contributed by atoms with van der Waals surface area (Å²) in [6.45, 7) is 13.0. The fraction of sp³-hybridized carbons (Fsp3) is 0.778. The highest BCUT2D eigenvalue weighted by atomic mass is 16.4. The van der Waals surface area contributed by atoms with E-state index in [1.54, 1.807) is 6.92 Å². The normalized spacial score (nSPS) is 21.5. The van der Waals surface area contributed by atoms with Crippen molar-refractivity contribution in [3.05, 3.63) is 12.7 Å². The molecule has 0 aromatic heterocycles. The number of carboxylic acid groups (broad SMARTS) is 1. The van der Waals surface area contributed by atoms with E-state index in [0.29, 0.717) is 32.7 Å². The average molecular weight is 370 g/mol. The number of aliphatic hydroxyl groups is 1. The van der Waals surface area contributed by atoms with Gasteiger partial charge in [0.15, 0.2) is 0 Å². The van der Waals surface area contributed by atoms with Crippen LogP contribution in [0.4, 0.5) is 0 Å². The Labute approximate surface area is 156 Å². The molecule has 1 atom stereocenters. The topological polar surface area (TPSA) is 87.6 Å². The van der Waals surface area contributed by atoms with E-state index in [1.165, 1.54) is 0 Å². The number of aliphatic carboxylic acids is 1. The van der Waals surface area contributed by atoms with E-state index in [4.69, 9.17) is 5.11 Å². The van der Waals surface area contributed by atoms with Crippen molar-refractivity contribution in [1.82, 2.24) is 19.6 Å². The molecule has 8 nitrogen and oxygen atoms in total. The number of rotatable bonds is 8. The largest absolute Gasteiger partial charge is 0.480 e. The number of aldehydes is 1. The zero-order chi connectivity index (χ0) is 19.4. The number of hydrogen-bond acceptors (Lipinski definition) is 7. The summed E-state index contributed by atoms with van der Waals surface area (Å²) in [5.41, 5.74) is 0. The van der Waals surface area contributed by atoms with Crippen molar-refractivity contribution >= 4 is 12.3 Å². The Morgan fingerprint density at radius 2 is 1.42 bits per heavy atom. The number of hydrogen-bond donors (Lipinski definition) is 2. The van der Waals surface area contributed by atoms with E-state index in [9.17, 15) is 14.7 Å². The fourth-order valence-corrected chi connectivity index (χ4v) is 3.14. The lowest BCUT2D eigenvalue weighted by atomic mass is 10.3. The summed E-state index contributed by atoms with van der Waals surface area (Å²) >= 11 is 0. The van der Waals surface area contributed by atoms with Crippen molar-refractivity contribution in [2.75, 3.05) is 78.5 Å². The van der Waals surface area contributed by atoms with E-state index in [-0.39, 0.29) is 6.54 Å². The van der Waals surface area contributed by atoms with Crippen molar-refractivity contribution in [1.29, 1.82) is 0 Å². The third kappa shape index (κ3) is 9.98. The second kappa shape index (κ2) is 12.9. The van der Waals surface area contributed by atoms with Crippen LogP contribution in [0.1, 0.15) is 6.92 Å². The molecule has 150 valence electrons. The highest BCUT2D eigenvalue weighted by molar-refractivity contribution is 5.69. The molecule has 0 radical (unpaired) electrons. The van der Waals surface area contributed by atoms with Crippen molar-refractivity contribution in [2.45, 2.75) is 13.0 Å². The molecule has 1 fully saturated rings. The van der Waals surface area contributed by atoms with Crippen LogP contribution >= 0.6 is 0 Å². The first kappa shape index (κ1) is 22.7.